The molecular weight excluding hydrogens is 534 g/mol. The molecule has 0 saturated heterocycles. The van der Waals surface area contributed by atoms with Crippen LogP contribution in [0, 0.1) is 0 Å². The number of para-hydroxylation sites is 1. The standard InChI is InChI=1S/C37H39N3O3/c1-37(2,3)29-18-16-28(17-19-29)35(41)36-40-33(31-8-6-7-9-34(31)43-36)22-32(38-40)27-14-10-25(11-15-27)23-39(4)24-26-12-20-30(42-5)21-13-26/h6-21,33,36H,22-24H2,1-5H3. The van der Waals surface area contributed by atoms with Crippen molar-refractivity contribution in [3.8, 4) is 11.5 Å². The SMILES string of the molecule is COc1ccc(CN(C)Cc2ccc(C3=NN4C(C(=O)c5ccc(C(C)(C)C)cc5)Oc5ccccc5C4C3)cc2)cc1. The summed E-state index contributed by atoms with van der Waals surface area (Å²) < 4.78 is 11.6. The van der Waals surface area contributed by atoms with Gasteiger partial charge in [0.05, 0.1) is 18.9 Å². The van der Waals surface area contributed by atoms with Gasteiger partial charge in [-0.05, 0) is 52.9 Å². The number of benzene rings is 4. The fraction of sp³-hybridized carbons (Fsp3) is 0.297. The maximum atomic E-state index is 13.8. The van der Waals surface area contributed by atoms with Gasteiger partial charge in [0.25, 0.3) is 6.23 Å². The smallest absolute Gasteiger partial charge is 0.251 e. The molecule has 4 aromatic rings. The molecule has 2 unspecified atom stereocenters. The molecule has 0 radical (unpaired) electrons. The fourth-order valence-electron chi connectivity index (χ4n) is 5.87. The van der Waals surface area contributed by atoms with E-state index in [2.05, 4.69) is 75.2 Å². The molecule has 2 aliphatic rings. The first-order valence-electron chi connectivity index (χ1n) is 14.9. The molecule has 0 amide bonds. The molecule has 0 aromatic heterocycles. The number of ether oxygens (including phenoxy) is 2. The highest BCUT2D eigenvalue weighted by Crippen LogP contribution is 2.43. The molecule has 0 aliphatic carbocycles. The number of hydrogen-bond acceptors (Lipinski definition) is 6. The van der Waals surface area contributed by atoms with Crippen LogP contribution in [0.2, 0.25) is 0 Å². The third-order valence-electron chi connectivity index (χ3n) is 8.31. The van der Waals surface area contributed by atoms with E-state index in [1.165, 1.54) is 16.7 Å². The summed E-state index contributed by atoms with van der Waals surface area (Å²) >= 11 is 0. The molecule has 0 bridgehead atoms. The van der Waals surface area contributed by atoms with Crippen molar-refractivity contribution in [2.45, 2.75) is 58.0 Å². The van der Waals surface area contributed by atoms with Gasteiger partial charge in [0.15, 0.2) is 0 Å². The summed E-state index contributed by atoms with van der Waals surface area (Å²) in [6, 6.07) is 32.7. The molecule has 6 heteroatoms. The largest absolute Gasteiger partial charge is 0.497 e. The van der Waals surface area contributed by atoms with Crippen LogP contribution in [-0.4, -0.2) is 41.8 Å². The number of rotatable bonds is 8. The Morgan fingerprint density at radius 2 is 1.53 bits per heavy atom. The van der Waals surface area contributed by atoms with Crippen LogP contribution in [0.5, 0.6) is 11.5 Å². The zero-order valence-corrected chi connectivity index (χ0v) is 25.6. The van der Waals surface area contributed by atoms with Gasteiger partial charge in [-0.3, -0.25) is 9.69 Å². The second-order valence-electron chi connectivity index (χ2n) is 12.6. The molecule has 6 nitrogen and oxygen atoms in total. The maximum Gasteiger partial charge on any atom is 0.251 e. The topological polar surface area (TPSA) is 54.4 Å². The average Bonchev–Trinajstić information content (AvgIpc) is 3.47. The number of hydrazone groups is 1. The lowest BCUT2D eigenvalue weighted by Crippen LogP contribution is -2.45. The quantitative estimate of drug-likeness (QED) is 0.206. The van der Waals surface area contributed by atoms with Gasteiger partial charge in [0, 0.05) is 30.6 Å². The molecule has 6 rings (SSSR count). The van der Waals surface area contributed by atoms with Crippen LogP contribution in [0.15, 0.2) is 102 Å². The Balaban J connectivity index is 1.20. The fourth-order valence-corrected chi connectivity index (χ4v) is 5.87. The molecule has 0 saturated carbocycles. The van der Waals surface area contributed by atoms with E-state index in [0.29, 0.717) is 12.0 Å². The summed E-state index contributed by atoms with van der Waals surface area (Å²) in [5.74, 6) is 1.54. The average molecular weight is 574 g/mol. The Bertz CT molecular complexity index is 1620. The van der Waals surface area contributed by atoms with Crippen LogP contribution < -0.4 is 9.47 Å². The predicted molar refractivity (Wildman–Crippen MR) is 171 cm³/mol. The molecule has 0 N–H and O–H groups in total. The van der Waals surface area contributed by atoms with Crippen LogP contribution in [0.25, 0.3) is 0 Å². The molecule has 0 spiro atoms. The van der Waals surface area contributed by atoms with E-state index < -0.39 is 6.23 Å². The lowest BCUT2D eigenvalue weighted by atomic mass is 9.86. The number of methoxy groups -OCH3 is 1. The molecule has 0 fully saturated rings. The van der Waals surface area contributed by atoms with Crippen molar-refractivity contribution in [2.75, 3.05) is 14.2 Å². The molecule has 220 valence electrons. The Morgan fingerprint density at radius 1 is 0.907 bits per heavy atom. The van der Waals surface area contributed by atoms with Crippen molar-refractivity contribution in [1.82, 2.24) is 9.91 Å². The highest BCUT2D eigenvalue weighted by atomic mass is 16.5. The zero-order valence-electron chi connectivity index (χ0n) is 25.6. The van der Waals surface area contributed by atoms with Crippen molar-refractivity contribution in [3.05, 3.63) is 130 Å². The van der Waals surface area contributed by atoms with Crippen LogP contribution >= 0.6 is 0 Å². The van der Waals surface area contributed by atoms with Gasteiger partial charge in [0.1, 0.15) is 11.5 Å². The lowest BCUT2D eigenvalue weighted by molar-refractivity contribution is -0.00455. The Morgan fingerprint density at radius 3 is 2.16 bits per heavy atom. The van der Waals surface area contributed by atoms with Crippen LogP contribution in [-0.2, 0) is 18.5 Å². The van der Waals surface area contributed by atoms with Crippen molar-refractivity contribution in [1.29, 1.82) is 0 Å². The first kappa shape index (κ1) is 28.7. The summed E-state index contributed by atoms with van der Waals surface area (Å²) in [5.41, 5.74) is 7.40. The first-order valence-corrected chi connectivity index (χ1v) is 14.9. The predicted octanol–water partition coefficient (Wildman–Crippen LogP) is 7.38. The minimum Gasteiger partial charge on any atom is -0.497 e. The van der Waals surface area contributed by atoms with Crippen molar-refractivity contribution in [3.63, 3.8) is 0 Å². The number of carbonyl (C=O) groups is 1. The third kappa shape index (κ3) is 6.06. The normalized spacial score (nSPS) is 17.6. The summed E-state index contributed by atoms with van der Waals surface area (Å²) in [7, 11) is 3.81. The number of nitrogens with zero attached hydrogens (tertiary/aromatic N) is 3. The highest BCUT2D eigenvalue weighted by Gasteiger charge is 2.43. The molecule has 4 aromatic carbocycles. The molecule has 2 heterocycles. The van der Waals surface area contributed by atoms with E-state index in [1.807, 2.05) is 59.6 Å². The van der Waals surface area contributed by atoms with Gasteiger partial charge in [-0.15, -0.1) is 0 Å². The number of carbonyl (C=O) groups excluding carboxylic acids is 1. The Kier molecular flexibility index (Phi) is 7.80. The molecule has 2 atom stereocenters. The zero-order chi connectivity index (χ0) is 30.1. The van der Waals surface area contributed by atoms with Crippen molar-refractivity contribution < 1.29 is 14.3 Å². The number of hydrogen-bond donors (Lipinski definition) is 0. The van der Waals surface area contributed by atoms with Gasteiger partial charge in [-0.1, -0.05) is 99.6 Å². The molecule has 43 heavy (non-hydrogen) atoms. The summed E-state index contributed by atoms with van der Waals surface area (Å²) in [6.45, 7) is 8.19. The van der Waals surface area contributed by atoms with Gasteiger partial charge >= 0.3 is 0 Å². The van der Waals surface area contributed by atoms with Gasteiger partial charge in [-0.2, -0.15) is 5.10 Å². The second kappa shape index (κ2) is 11.7. The van der Waals surface area contributed by atoms with E-state index in [4.69, 9.17) is 14.6 Å². The summed E-state index contributed by atoms with van der Waals surface area (Å²) in [5, 5.41) is 6.88. The van der Waals surface area contributed by atoms with E-state index in [-0.39, 0.29) is 17.2 Å². The van der Waals surface area contributed by atoms with E-state index in [1.54, 1.807) is 7.11 Å². The Labute approximate surface area is 254 Å². The maximum absolute atomic E-state index is 13.8. The lowest BCUT2D eigenvalue weighted by Gasteiger charge is -2.37. The number of ketones is 1. The molecular formula is C37H39N3O3. The number of Topliss-reactive ketones (excluding diaryl/α,β-unsaturated/α-hetero) is 1. The monoisotopic (exact) mass is 573 g/mol. The van der Waals surface area contributed by atoms with Crippen molar-refractivity contribution >= 4 is 11.5 Å². The summed E-state index contributed by atoms with van der Waals surface area (Å²) in [6.07, 6.45) is -0.104. The second-order valence-corrected chi connectivity index (χ2v) is 12.6. The van der Waals surface area contributed by atoms with Gasteiger partial charge in [-0.25, -0.2) is 5.01 Å². The minimum absolute atomic E-state index is 0.0165. The van der Waals surface area contributed by atoms with E-state index >= 15 is 0 Å². The van der Waals surface area contributed by atoms with E-state index in [0.717, 1.165) is 41.4 Å². The Hall–Kier alpha value is -4.42. The minimum atomic E-state index is -0.816. The number of fused-ring (bicyclic) bond motifs is 3. The van der Waals surface area contributed by atoms with Crippen LogP contribution in [0.4, 0.5) is 0 Å². The van der Waals surface area contributed by atoms with E-state index in [9.17, 15) is 4.79 Å². The van der Waals surface area contributed by atoms with Crippen molar-refractivity contribution in [2.24, 2.45) is 5.10 Å². The van der Waals surface area contributed by atoms with Crippen LogP contribution in [0.3, 0.4) is 0 Å². The molecule has 2 aliphatic heterocycles. The van der Waals surface area contributed by atoms with Crippen LogP contribution in [0.1, 0.15) is 71.4 Å². The van der Waals surface area contributed by atoms with Gasteiger partial charge < -0.3 is 9.47 Å². The third-order valence-corrected chi connectivity index (χ3v) is 8.31. The summed E-state index contributed by atoms with van der Waals surface area (Å²) in [4.78, 5) is 16.1. The van der Waals surface area contributed by atoms with Gasteiger partial charge in [0.2, 0.25) is 5.78 Å². The first-order chi connectivity index (χ1) is 20.7. The highest BCUT2D eigenvalue weighted by molar-refractivity contribution is 6.03.